The molecule has 4 unspecified atom stereocenters. The zero-order chi connectivity index (χ0) is 15.2. The Morgan fingerprint density at radius 3 is 2.57 bits per heavy atom. The zero-order valence-electron chi connectivity index (χ0n) is 11.3. The lowest BCUT2D eigenvalue weighted by Crippen LogP contribution is -2.45. The first kappa shape index (κ1) is 14.9. The average Bonchev–Trinajstić information content (AvgIpc) is 3.02. The fraction of sp³-hybridized carbons (Fsp3) is 0.571. The Labute approximate surface area is 122 Å². The van der Waals surface area contributed by atoms with Crippen LogP contribution >= 0.6 is 0 Å². The molecule has 0 radical (unpaired) electrons. The van der Waals surface area contributed by atoms with E-state index < -0.39 is 21.7 Å². The summed E-state index contributed by atoms with van der Waals surface area (Å²) in [7, 11) is -3.92. The molecule has 0 spiro atoms. The largest absolute Gasteiger partial charge is 0.396 e. The minimum absolute atomic E-state index is 0.0634. The van der Waals surface area contributed by atoms with Crippen molar-refractivity contribution in [1.29, 1.82) is 0 Å². The highest BCUT2D eigenvalue weighted by Gasteiger charge is 2.48. The third kappa shape index (κ3) is 2.58. The van der Waals surface area contributed by atoms with Gasteiger partial charge >= 0.3 is 0 Å². The van der Waals surface area contributed by atoms with Crippen molar-refractivity contribution in [3.05, 3.63) is 29.8 Å². The van der Waals surface area contributed by atoms with Crippen molar-refractivity contribution >= 4 is 10.0 Å². The number of benzene rings is 1. The van der Waals surface area contributed by atoms with E-state index in [0.29, 0.717) is 12.0 Å². The van der Waals surface area contributed by atoms with Gasteiger partial charge in [0.2, 0.25) is 10.0 Å². The Hall–Kier alpha value is -1.05. The number of halogens is 2. The van der Waals surface area contributed by atoms with Crippen LogP contribution in [0.1, 0.15) is 19.3 Å². The van der Waals surface area contributed by atoms with Gasteiger partial charge in [0.05, 0.1) is 4.90 Å². The first-order valence-electron chi connectivity index (χ1n) is 7.00. The first-order valence-corrected chi connectivity index (χ1v) is 8.49. The second-order valence-corrected chi connectivity index (χ2v) is 7.62. The second-order valence-electron chi connectivity index (χ2n) is 5.90. The van der Waals surface area contributed by atoms with Gasteiger partial charge in [-0.3, -0.25) is 0 Å². The predicted molar refractivity (Wildman–Crippen MR) is 71.9 cm³/mol. The van der Waals surface area contributed by atoms with Crippen molar-refractivity contribution in [2.24, 2.45) is 17.8 Å². The van der Waals surface area contributed by atoms with Crippen LogP contribution in [0.15, 0.2) is 23.1 Å². The fourth-order valence-electron chi connectivity index (χ4n) is 3.75. The lowest BCUT2D eigenvalue weighted by Gasteiger charge is -2.30. The van der Waals surface area contributed by atoms with E-state index in [1.807, 2.05) is 0 Å². The lowest BCUT2D eigenvalue weighted by molar-refractivity contribution is 0.153. The van der Waals surface area contributed by atoms with E-state index in [9.17, 15) is 22.3 Å². The molecule has 1 aromatic rings. The smallest absolute Gasteiger partial charge is 0.240 e. The van der Waals surface area contributed by atoms with Crippen LogP contribution in [0.3, 0.4) is 0 Å². The first-order chi connectivity index (χ1) is 9.92. The Morgan fingerprint density at radius 1 is 1.19 bits per heavy atom. The normalized spacial score (nSPS) is 31.8. The van der Waals surface area contributed by atoms with Crippen molar-refractivity contribution in [2.45, 2.75) is 30.2 Å². The van der Waals surface area contributed by atoms with E-state index in [1.54, 1.807) is 0 Å². The highest BCUT2D eigenvalue weighted by Crippen LogP contribution is 2.48. The van der Waals surface area contributed by atoms with Gasteiger partial charge in [0.1, 0.15) is 0 Å². The number of rotatable bonds is 4. The molecule has 2 aliphatic rings. The maximum atomic E-state index is 13.2. The summed E-state index contributed by atoms with van der Waals surface area (Å²) in [5, 5.41) is 9.46. The molecule has 0 amide bonds. The van der Waals surface area contributed by atoms with Crippen LogP contribution in [-0.2, 0) is 10.0 Å². The van der Waals surface area contributed by atoms with Crippen molar-refractivity contribution in [3.8, 4) is 0 Å². The average molecular weight is 317 g/mol. The molecule has 0 aromatic heterocycles. The summed E-state index contributed by atoms with van der Waals surface area (Å²) in [4.78, 5) is -0.291. The van der Waals surface area contributed by atoms with Crippen LogP contribution in [0.5, 0.6) is 0 Å². The summed E-state index contributed by atoms with van der Waals surface area (Å²) in [5.74, 6) is -1.81. The predicted octanol–water partition coefficient (Wildman–Crippen LogP) is 1.65. The minimum Gasteiger partial charge on any atom is -0.396 e. The van der Waals surface area contributed by atoms with Crippen molar-refractivity contribution in [3.63, 3.8) is 0 Å². The van der Waals surface area contributed by atoms with E-state index in [1.165, 1.54) is 0 Å². The molecule has 0 aliphatic heterocycles. The lowest BCUT2D eigenvalue weighted by atomic mass is 9.86. The Bertz CT molecular complexity index is 650. The van der Waals surface area contributed by atoms with Crippen LogP contribution in [0.25, 0.3) is 0 Å². The Balaban J connectivity index is 1.84. The Morgan fingerprint density at radius 2 is 1.90 bits per heavy atom. The summed E-state index contributed by atoms with van der Waals surface area (Å²) in [6.45, 7) is -0.0634. The summed E-state index contributed by atoms with van der Waals surface area (Å²) in [5.41, 5.74) is 0. The second kappa shape index (κ2) is 5.30. The van der Waals surface area contributed by atoms with Gasteiger partial charge < -0.3 is 5.11 Å². The molecule has 0 saturated heterocycles. The number of sulfonamides is 1. The molecule has 4 atom stereocenters. The number of aliphatic hydroxyl groups is 1. The molecule has 2 bridgehead atoms. The number of hydrogen-bond acceptors (Lipinski definition) is 3. The van der Waals surface area contributed by atoms with Crippen LogP contribution in [0.2, 0.25) is 0 Å². The summed E-state index contributed by atoms with van der Waals surface area (Å²) < 4.78 is 53.3. The van der Waals surface area contributed by atoms with E-state index >= 15 is 0 Å². The zero-order valence-corrected chi connectivity index (χ0v) is 12.1. The van der Waals surface area contributed by atoms with Gasteiger partial charge in [-0.05, 0) is 49.3 Å². The molecule has 21 heavy (non-hydrogen) atoms. The van der Waals surface area contributed by atoms with E-state index in [2.05, 4.69) is 4.72 Å². The third-order valence-electron chi connectivity index (χ3n) is 4.79. The van der Waals surface area contributed by atoms with Crippen molar-refractivity contribution in [2.75, 3.05) is 6.61 Å². The molecule has 3 rings (SSSR count). The summed E-state index contributed by atoms with van der Waals surface area (Å²) >= 11 is 0. The number of fused-ring (bicyclic) bond motifs is 2. The highest BCUT2D eigenvalue weighted by molar-refractivity contribution is 7.89. The standard InChI is InChI=1S/C14H17F2NO3S/c15-12-4-3-10(6-13(12)16)21(19,20)17-14-9-2-1-8(5-9)11(14)7-18/h3-4,6,8-9,11,14,17-18H,1-2,5,7H2. The molecule has 0 heterocycles. The Kier molecular flexibility index (Phi) is 3.75. The van der Waals surface area contributed by atoms with Gasteiger partial charge in [-0.1, -0.05) is 0 Å². The fourth-order valence-corrected chi connectivity index (χ4v) is 5.12. The maximum Gasteiger partial charge on any atom is 0.240 e. The van der Waals surface area contributed by atoms with Crippen LogP contribution in [0.4, 0.5) is 8.78 Å². The highest BCUT2D eigenvalue weighted by atomic mass is 32.2. The molecule has 2 fully saturated rings. The van der Waals surface area contributed by atoms with Gasteiger partial charge in [0.15, 0.2) is 11.6 Å². The summed E-state index contributed by atoms with van der Waals surface area (Å²) in [6.07, 6.45) is 2.86. The molecule has 7 heteroatoms. The quantitative estimate of drug-likeness (QED) is 0.887. The van der Waals surface area contributed by atoms with Gasteiger partial charge in [-0.2, -0.15) is 0 Å². The monoisotopic (exact) mass is 317 g/mol. The molecule has 2 saturated carbocycles. The topological polar surface area (TPSA) is 66.4 Å². The molecular formula is C14H17F2NO3S. The summed E-state index contributed by atoms with van der Waals surface area (Å²) in [6, 6.07) is 2.20. The SMILES string of the molecule is O=S(=O)(NC1C2CCC(C2)C1CO)c1ccc(F)c(F)c1. The van der Waals surface area contributed by atoms with Gasteiger partial charge in [0.25, 0.3) is 0 Å². The van der Waals surface area contributed by atoms with Crippen LogP contribution < -0.4 is 4.72 Å². The molecule has 1 aromatic carbocycles. The number of hydrogen-bond donors (Lipinski definition) is 2. The molecular weight excluding hydrogens is 300 g/mol. The van der Waals surface area contributed by atoms with Crippen LogP contribution in [0, 0.1) is 29.4 Å². The maximum absolute atomic E-state index is 13.2. The molecule has 4 nitrogen and oxygen atoms in total. The van der Waals surface area contributed by atoms with E-state index in [-0.39, 0.29) is 29.4 Å². The molecule has 2 aliphatic carbocycles. The third-order valence-corrected chi connectivity index (χ3v) is 6.25. The van der Waals surface area contributed by atoms with Crippen molar-refractivity contribution in [1.82, 2.24) is 4.72 Å². The van der Waals surface area contributed by atoms with Crippen LogP contribution in [-0.4, -0.2) is 26.2 Å². The van der Waals surface area contributed by atoms with Gasteiger partial charge in [0, 0.05) is 18.6 Å². The van der Waals surface area contributed by atoms with Crippen molar-refractivity contribution < 1.29 is 22.3 Å². The van der Waals surface area contributed by atoms with E-state index in [0.717, 1.165) is 31.4 Å². The number of nitrogens with one attached hydrogen (secondary N) is 1. The van der Waals surface area contributed by atoms with Gasteiger partial charge in [-0.25, -0.2) is 21.9 Å². The van der Waals surface area contributed by atoms with E-state index in [4.69, 9.17) is 0 Å². The molecule has 2 N–H and O–H groups in total. The van der Waals surface area contributed by atoms with Gasteiger partial charge in [-0.15, -0.1) is 0 Å². The number of aliphatic hydroxyl groups excluding tert-OH is 1. The molecule has 116 valence electrons. The minimum atomic E-state index is -3.92.